The van der Waals surface area contributed by atoms with E-state index in [4.69, 9.17) is 23.2 Å². The Hall–Kier alpha value is -2.04. The number of halogens is 2. The van der Waals surface area contributed by atoms with Gasteiger partial charge < -0.3 is 10.2 Å². The van der Waals surface area contributed by atoms with E-state index in [1.807, 2.05) is 6.07 Å². The van der Waals surface area contributed by atoms with E-state index in [9.17, 15) is 9.59 Å². The van der Waals surface area contributed by atoms with Crippen molar-refractivity contribution >= 4 is 35.0 Å². The Bertz CT molecular complexity index is 924. The summed E-state index contributed by atoms with van der Waals surface area (Å²) in [5, 5.41) is 4.16. The molecule has 172 valence electrons. The summed E-state index contributed by atoms with van der Waals surface area (Å²) in [5.41, 5.74) is 3.16. The van der Waals surface area contributed by atoms with Crippen molar-refractivity contribution < 1.29 is 9.59 Å². The Balaban J connectivity index is 1.72. The maximum atomic E-state index is 13.3. The van der Waals surface area contributed by atoms with Gasteiger partial charge in [0.1, 0.15) is 6.04 Å². The Labute approximate surface area is 201 Å². The summed E-state index contributed by atoms with van der Waals surface area (Å²) in [5.74, 6) is -0.174. The van der Waals surface area contributed by atoms with E-state index in [0.29, 0.717) is 22.9 Å². The molecular formula is C26H32Cl2N2O2. The van der Waals surface area contributed by atoms with Crippen LogP contribution in [0.4, 0.5) is 0 Å². The first-order valence-electron chi connectivity index (χ1n) is 11.5. The first kappa shape index (κ1) is 24.6. The van der Waals surface area contributed by atoms with Gasteiger partial charge in [0.2, 0.25) is 11.8 Å². The van der Waals surface area contributed by atoms with Crippen molar-refractivity contribution in [1.82, 2.24) is 10.2 Å². The van der Waals surface area contributed by atoms with Crippen LogP contribution in [0.5, 0.6) is 0 Å². The lowest BCUT2D eigenvalue weighted by atomic mass is 10.0. The van der Waals surface area contributed by atoms with E-state index < -0.39 is 6.04 Å². The van der Waals surface area contributed by atoms with Crippen LogP contribution in [0.2, 0.25) is 10.0 Å². The molecule has 1 aliphatic carbocycles. The van der Waals surface area contributed by atoms with E-state index >= 15 is 0 Å². The lowest BCUT2D eigenvalue weighted by molar-refractivity contribution is -0.140. The Morgan fingerprint density at radius 1 is 1.06 bits per heavy atom. The molecule has 1 fully saturated rings. The zero-order valence-corrected chi connectivity index (χ0v) is 20.4. The van der Waals surface area contributed by atoms with E-state index in [2.05, 4.69) is 36.5 Å². The third kappa shape index (κ3) is 6.73. The van der Waals surface area contributed by atoms with Gasteiger partial charge in [0, 0.05) is 29.1 Å². The van der Waals surface area contributed by atoms with Gasteiger partial charge in [0.05, 0.1) is 0 Å². The molecule has 1 N–H and O–H groups in total. The number of carbonyl (C=O) groups is 2. The van der Waals surface area contributed by atoms with Crippen molar-refractivity contribution in [3.05, 3.63) is 69.2 Å². The Morgan fingerprint density at radius 2 is 1.72 bits per heavy atom. The molecule has 0 aliphatic heterocycles. The van der Waals surface area contributed by atoms with Crippen molar-refractivity contribution in [3.63, 3.8) is 0 Å². The van der Waals surface area contributed by atoms with Gasteiger partial charge in [-0.15, -0.1) is 0 Å². The van der Waals surface area contributed by atoms with Crippen molar-refractivity contribution in [3.8, 4) is 0 Å². The predicted octanol–water partition coefficient (Wildman–Crippen LogP) is 5.96. The molecule has 1 unspecified atom stereocenters. The smallest absolute Gasteiger partial charge is 0.242 e. The molecule has 3 rings (SSSR count). The number of rotatable bonds is 9. The topological polar surface area (TPSA) is 49.4 Å². The van der Waals surface area contributed by atoms with Gasteiger partial charge in [-0.25, -0.2) is 0 Å². The molecule has 0 aromatic heterocycles. The summed E-state index contributed by atoms with van der Waals surface area (Å²) in [7, 11) is 0. The normalized spacial score (nSPS) is 14.9. The third-order valence-corrected chi connectivity index (χ3v) is 6.87. The Kier molecular flexibility index (Phi) is 9.01. The minimum Gasteiger partial charge on any atom is -0.352 e. The molecule has 2 amide bonds. The van der Waals surface area contributed by atoms with Crippen molar-refractivity contribution in [2.75, 3.05) is 0 Å². The average Bonchev–Trinajstić information content (AvgIpc) is 3.30. The molecular weight excluding hydrogens is 443 g/mol. The molecule has 0 spiro atoms. The highest BCUT2D eigenvalue weighted by Gasteiger charge is 2.28. The van der Waals surface area contributed by atoms with Gasteiger partial charge in [-0.3, -0.25) is 9.59 Å². The van der Waals surface area contributed by atoms with E-state index in [1.54, 1.807) is 24.0 Å². The Morgan fingerprint density at radius 3 is 2.34 bits per heavy atom. The van der Waals surface area contributed by atoms with Crippen molar-refractivity contribution in [1.29, 1.82) is 0 Å². The molecule has 2 aromatic carbocycles. The number of hydrogen-bond donors (Lipinski definition) is 1. The molecule has 0 bridgehead atoms. The van der Waals surface area contributed by atoms with Crippen LogP contribution in [-0.2, 0) is 29.0 Å². The van der Waals surface area contributed by atoms with Crippen molar-refractivity contribution in [2.24, 2.45) is 0 Å². The number of hydrogen-bond acceptors (Lipinski definition) is 2. The molecule has 1 saturated carbocycles. The molecule has 6 heteroatoms. The number of nitrogens with one attached hydrogen (secondary N) is 1. The highest BCUT2D eigenvalue weighted by atomic mass is 35.5. The second-order valence-electron chi connectivity index (χ2n) is 8.59. The maximum absolute atomic E-state index is 13.3. The van der Waals surface area contributed by atoms with Crippen LogP contribution >= 0.6 is 23.2 Å². The molecule has 0 saturated heterocycles. The minimum absolute atomic E-state index is 0.0651. The van der Waals surface area contributed by atoms with Crippen LogP contribution in [0, 0.1) is 0 Å². The van der Waals surface area contributed by atoms with Crippen LogP contribution in [0.1, 0.15) is 62.6 Å². The lowest BCUT2D eigenvalue weighted by Gasteiger charge is -2.30. The fourth-order valence-electron chi connectivity index (χ4n) is 4.14. The molecule has 4 nitrogen and oxygen atoms in total. The average molecular weight is 475 g/mol. The van der Waals surface area contributed by atoms with E-state index in [1.165, 1.54) is 5.56 Å². The van der Waals surface area contributed by atoms with Gasteiger partial charge >= 0.3 is 0 Å². The minimum atomic E-state index is -0.586. The third-order valence-electron chi connectivity index (χ3n) is 6.28. The van der Waals surface area contributed by atoms with Gasteiger partial charge in [-0.05, 0) is 61.4 Å². The first-order chi connectivity index (χ1) is 15.4. The molecule has 2 aromatic rings. The van der Waals surface area contributed by atoms with Gasteiger partial charge in [0.25, 0.3) is 0 Å². The first-order valence-corrected chi connectivity index (χ1v) is 12.2. The fourth-order valence-corrected chi connectivity index (χ4v) is 4.61. The molecule has 0 radical (unpaired) electrons. The van der Waals surface area contributed by atoms with Crippen LogP contribution < -0.4 is 5.32 Å². The summed E-state index contributed by atoms with van der Waals surface area (Å²) in [6.45, 7) is 4.18. The lowest BCUT2D eigenvalue weighted by Crippen LogP contribution is -2.49. The largest absolute Gasteiger partial charge is 0.352 e. The fraction of sp³-hybridized carbons (Fsp3) is 0.462. The summed E-state index contributed by atoms with van der Waals surface area (Å²) in [4.78, 5) is 27.9. The zero-order valence-electron chi connectivity index (χ0n) is 18.9. The van der Waals surface area contributed by atoms with E-state index in [0.717, 1.165) is 43.2 Å². The maximum Gasteiger partial charge on any atom is 0.242 e. The molecule has 32 heavy (non-hydrogen) atoms. The highest BCUT2D eigenvalue weighted by molar-refractivity contribution is 6.35. The predicted molar refractivity (Wildman–Crippen MR) is 131 cm³/mol. The van der Waals surface area contributed by atoms with E-state index in [-0.39, 0.29) is 24.4 Å². The SMILES string of the molecule is CCc1ccc(CCC(=O)N(Cc2ccc(Cl)cc2Cl)C(C)C(=O)NC2CCCC2)cc1. The monoisotopic (exact) mass is 474 g/mol. The summed E-state index contributed by atoms with van der Waals surface area (Å²) < 4.78 is 0. The van der Waals surface area contributed by atoms with Crippen LogP contribution in [-0.4, -0.2) is 28.8 Å². The van der Waals surface area contributed by atoms with Crippen molar-refractivity contribution in [2.45, 2.75) is 77.4 Å². The van der Waals surface area contributed by atoms with Crippen LogP contribution in [0.3, 0.4) is 0 Å². The summed E-state index contributed by atoms with van der Waals surface area (Å²) in [6.07, 6.45) is 6.23. The van der Waals surface area contributed by atoms with Gasteiger partial charge in [0.15, 0.2) is 0 Å². The standard InChI is InChI=1S/C26H32Cl2N2O2/c1-3-19-8-10-20(11-9-19)12-15-25(31)30(17-21-13-14-22(27)16-24(21)28)18(2)26(32)29-23-6-4-5-7-23/h8-11,13-14,16,18,23H,3-7,12,15,17H2,1-2H3,(H,29,32). The number of benzene rings is 2. The second-order valence-corrected chi connectivity index (χ2v) is 9.44. The molecule has 1 atom stereocenters. The quantitative estimate of drug-likeness (QED) is 0.486. The van der Waals surface area contributed by atoms with Crippen LogP contribution in [0.25, 0.3) is 0 Å². The molecule has 0 heterocycles. The number of amides is 2. The van der Waals surface area contributed by atoms with Crippen LogP contribution in [0.15, 0.2) is 42.5 Å². The number of carbonyl (C=O) groups excluding carboxylic acids is 2. The zero-order chi connectivity index (χ0) is 23.1. The van der Waals surface area contributed by atoms with Gasteiger partial charge in [-0.2, -0.15) is 0 Å². The number of aryl methyl sites for hydroxylation is 2. The molecule has 1 aliphatic rings. The van der Waals surface area contributed by atoms with Gasteiger partial charge in [-0.1, -0.05) is 73.3 Å². The summed E-state index contributed by atoms with van der Waals surface area (Å²) in [6, 6.07) is 13.2. The second kappa shape index (κ2) is 11.7. The number of nitrogens with zero attached hydrogens (tertiary/aromatic N) is 1. The summed E-state index contributed by atoms with van der Waals surface area (Å²) >= 11 is 12.4. The highest BCUT2D eigenvalue weighted by Crippen LogP contribution is 2.24.